The fourth-order valence-corrected chi connectivity index (χ4v) is 4.38. The molecule has 2 heterocycles. The summed E-state index contributed by atoms with van der Waals surface area (Å²) in [6.07, 6.45) is 1.83. The molecule has 0 spiro atoms. The molecule has 1 unspecified atom stereocenters. The van der Waals surface area contributed by atoms with Gasteiger partial charge in [-0.2, -0.15) is 0 Å². The van der Waals surface area contributed by atoms with Gasteiger partial charge in [0.1, 0.15) is 5.60 Å². The van der Waals surface area contributed by atoms with Gasteiger partial charge in [0.2, 0.25) is 0 Å². The van der Waals surface area contributed by atoms with Crippen molar-refractivity contribution >= 4 is 18.7 Å². The summed E-state index contributed by atoms with van der Waals surface area (Å²) >= 11 is 0. The second-order valence-electron chi connectivity index (χ2n) is 10.3. The lowest BCUT2D eigenvalue weighted by atomic mass is 9.78. The first-order valence-corrected chi connectivity index (χ1v) is 11.5. The van der Waals surface area contributed by atoms with Gasteiger partial charge in [-0.1, -0.05) is 38.1 Å². The molecule has 3 rings (SSSR count). The third kappa shape index (κ3) is 4.64. The molecule has 172 valence electrons. The second-order valence-corrected chi connectivity index (χ2v) is 10.3. The maximum absolute atomic E-state index is 12.9. The minimum atomic E-state index is -0.489. The van der Waals surface area contributed by atoms with E-state index in [2.05, 4.69) is 13.8 Å². The molecule has 0 bridgehead atoms. The Morgan fingerprint density at radius 3 is 2.13 bits per heavy atom. The van der Waals surface area contributed by atoms with Crippen LogP contribution in [0.3, 0.4) is 0 Å². The molecule has 1 amide bonds. The molecular formula is C24H38BNO5. The van der Waals surface area contributed by atoms with Crippen LogP contribution in [0.1, 0.15) is 79.3 Å². The van der Waals surface area contributed by atoms with E-state index in [1.165, 1.54) is 0 Å². The Hall–Kier alpha value is -1.57. The predicted molar refractivity (Wildman–Crippen MR) is 122 cm³/mol. The van der Waals surface area contributed by atoms with E-state index in [0.29, 0.717) is 19.4 Å². The molecule has 2 saturated heterocycles. The van der Waals surface area contributed by atoms with E-state index >= 15 is 0 Å². The molecule has 0 aliphatic carbocycles. The van der Waals surface area contributed by atoms with Crippen molar-refractivity contribution in [3.63, 3.8) is 0 Å². The van der Waals surface area contributed by atoms with Gasteiger partial charge >= 0.3 is 13.2 Å². The van der Waals surface area contributed by atoms with E-state index in [0.717, 1.165) is 17.4 Å². The molecule has 2 fully saturated rings. The number of hydrogen-bond donors (Lipinski definition) is 1. The average Bonchev–Trinajstić information content (AvgIpc) is 2.93. The van der Waals surface area contributed by atoms with Crippen LogP contribution < -0.4 is 5.46 Å². The average molecular weight is 431 g/mol. The number of aliphatic hydroxyl groups excluding tert-OH is 1. The van der Waals surface area contributed by atoms with Crippen LogP contribution in [0, 0.1) is 5.92 Å². The second kappa shape index (κ2) is 8.76. The van der Waals surface area contributed by atoms with Crippen molar-refractivity contribution in [1.29, 1.82) is 0 Å². The van der Waals surface area contributed by atoms with Crippen LogP contribution in [0.2, 0.25) is 0 Å². The van der Waals surface area contributed by atoms with Crippen molar-refractivity contribution in [2.75, 3.05) is 13.2 Å². The Kier molecular flexibility index (Phi) is 6.80. The van der Waals surface area contributed by atoms with Gasteiger partial charge in [-0.3, -0.25) is 0 Å². The van der Waals surface area contributed by atoms with Gasteiger partial charge in [-0.25, -0.2) is 4.79 Å². The van der Waals surface area contributed by atoms with E-state index in [1.807, 2.05) is 58.9 Å². The number of benzene rings is 1. The highest BCUT2D eigenvalue weighted by Gasteiger charge is 2.51. The van der Waals surface area contributed by atoms with Crippen molar-refractivity contribution in [2.45, 2.75) is 90.6 Å². The quantitative estimate of drug-likeness (QED) is 0.660. The highest BCUT2D eigenvalue weighted by atomic mass is 16.7. The zero-order chi connectivity index (χ0) is 23.0. The minimum absolute atomic E-state index is 0.0946. The maximum Gasteiger partial charge on any atom is 0.494 e. The van der Waals surface area contributed by atoms with Gasteiger partial charge < -0.3 is 24.1 Å². The number of cyclic esters (lactones) is 1. The largest absolute Gasteiger partial charge is 0.494 e. The molecule has 1 aromatic carbocycles. The van der Waals surface area contributed by atoms with Gasteiger partial charge in [0.25, 0.3) is 0 Å². The maximum atomic E-state index is 12.9. The van der Waals surface area contributed by atoms with Gasteiger partial charge in [0.15, 0.2) is 0 Å². The third-order valence-corrected chi connectivity index (χ3v) is 7.52. The van der Waals surface area contributed by atoms with Crippen LogP contribution in [0.25, 0.3) is 0 Å². The summed E-state index contributed by atoms with van der Waals surface area (Å²) in [6.45, 7) is 15.1. The molecule has 2 aliphatic heterocycles. The zero-order valence-electron chi connectivity index (χ0n) is 20.1. The predicted octanol–water partition coefficient (Wildman–Crippen LogP) is 4.06. The lowest BCUT2D eigenvalue weighted by molar-refractivity contribution is -0.0894. The van der Waals surface area contributed by atoms with Crippen molar-refractivity contribution in [3.8, 4) is 0 Å². The summed E-state index contributed by atoms with van der Waals surface area (Å²) in [4.78, 5) is 14.7. The lowest BCUT2D eigenvalue weighted by Gasteiger charge is -2.45. The van der Waals surface area contributed by atoms with Crippen LogP contribution >= 0.6 is 0 Å². The van der Waals surface area contributed by atoms with E-state index in [9.17, 15) is 9.90 Å². The Labute approximate surface area is 187 Å². The van der Waals surface area contributed by atoms with Crippen molar-refractivity contribution in [1.82, 2.24) is 4.90 Å². The first-order valence-electron chi connectivity index (χ1n) is 11.5. The fourth-order valence-electron chi connectivity index (χ4n) is 4.38. The zero-order valence-corrected chi connectivity index (χ0v) is 20.1. The van der Waals surface area contributed by atoms with E-state index in [-0.39, 0.29) is 35.9 Å². The summed E-state index contributed by atoms with van der Waals surface area (Å²) in [7, 11) is -0.396. The molecule has 1 aromatic rings. The first-order chi connectivity index (χ1) is 14.4. The lowest BCUT2D eigenvalue weighted by Crippen LogP contribution is -2.52. The minimum Gasteiger partial charge on any atom is -0.442 e. The van der Waals surface area contributed by atoms with Crippen LogP contribution in [0.4, 0.5) is 4.79 Å². The van der Waals surface area contributed by atoms with Gasteiger partial charge in [0, 0.05) is 19.6 Å². The summed E-state index contributed by atoms with van der Waals surface area (Å²) in [6, 6.07) is 8.01. The number of amides is 1. The standard InChI is InChI=1S/C24H38BNO5/c1-17(2)24(13-8-16-27)14-15-26(21(28)29-24)18(3)19-9-11-20(12-10-19)25-30-22(4,5)23(6,7)31-25/h9-12,17-18,27H,8,13-16H2,1-7H3/t18?,24-/m0/s1. The molecule has 0 aromatic heterocycles. The molecule has 2 atom stereocenters. The monoisotopic (exact) mass is 431 g/mol. The van der Waals surface area contributed by atoms with Crippen molar-refractivity contribution < 1.29 is 23.9 Å². The highest BCUT2D eigenvalue weighted by Crippen LogP contribution is 2.38. The number of ether oxygens (including phenoxy) is 1. The van der Waals surface area contributed by atoms with Crippen LogP contribution in [-0.4, -0.2) is 53.2 Å². The highest BCUT2D eigenvalue weighted by molar-refractivity contribution is 6.62. The third-order valence-electron chi connectivity index (χ3n) is 7.52. The van der Waals surface area contributed by atoms with Crippen molar-refractivity contribution in [2.24, 2.45) is 5.92 Å². The number of carbonyl (C=O) groups is 1. The summed E-state index contributed by atoms with van der Waals surface area (Å²) in [5.74, 6) is 0.208. The molecule has 31 heavy (non-hydrogen) atoms. The van der Waals surface area contributed by atoms with Crippen LogP contribution in [0.5, 0.6) is 0 Å². The molecular weight excluding hydrogens is 393 g/mol. The van der Waals surface area contributed by atoms with Gasteiger partial charge in [-0.05, 0) is 64.4 Å². The number of hydrogen-bond acceptors (Lipinski definition) is 5. The SMILES string of the molecule is CC(c1ccc(B2OC(C)(C)C(C)(C)O2)cc1)N1CC[C@@](CCCO)(C(C)C)OC1=O. The number of aliphatic hydroxyl groups is 1. The van der Waals surface area contributed by atoms with Crippen molar-refractivity contribution in [3.05, 3.63) is 29.8 Å². The smallest absolute Gasteiger partial charge is 0.442 e. The molecule has 7 heteroatoms. The summed E-state index contributed by atoms with van der Waals surface area (Å²) in [5, 5.41) is 9.24. The summed E-state index contributed by atoms with van der Waals surface area (Å²) < 4.78 is 18.3. The van der Waals surface area contributed by atoms with Gasteiger partial charge in [-0.15, -0.1) is 0 Å². The van der Waals surface area contributed by atoms with E-state index in [4.69, 9.17) is 14.0 Å². The topological polar surface area (TPSA) is 68.2 Å². The molecule has 0 saturated carbocycles. The molecule has 1 N–H and O–H groups in total. The normalized spacial score (nSPS) is 26.3. The Balaban J connectivity index is 1.69. The number of nitrogens with zero attached hydrogens (tertiary/aromatic N) is 1. The van der Waals surface area contributed by atoms with E-state index < -0.39 is 12.7 Å². The Bertz CT molecular complexity index is 763. The number of carbonyl (C=O) groups excluding carboxylic acids is 1. The van der Waals surface area contributed by atoms with Crippen LogP contribution in [0.15, 0.2) is 24.3 Å². The van der Waals surface area contributed by atoms with Crippen LogP contribution in [-0.2, 0) is 14.0 Å². The molecule has 2 aliphatic rings. The summed E-state index contributed by atoms with van der Waals surface area (Å²) in [5.41, 5.74) is 0.778. The number of rotatable bonds is 7. The first kappa shape index (κ1) is 24.1. The van der Waals surface area contributed by atoms with E-state index in [1.54, 1.807) is 4.90 Å². The Morgan fingerprint density at radius 2 is 1.65 bits per heavy atom. The Morgan fingerprint density at radius 1 is 1.06 bits per heavy atom. The molecule has 6 nitrogen and oxygen atoms in total. The van der Waals surface area contributed by atoms with Gasteiger partial charge in [0.05, 0.1) is 17.2 Å². The fraction of sp³-hybridized carbons (Fsp3) is 0.708. The molecule has 0 radical (unpaired) electrons.